The summed E-state index contributed by atoms with van der Waals surface area (Å²) in [5, 5.41) is 7.36. The summed E-state index contributed by atoms with van der Waals surface area (Å²) in [5.41, 5.74) is 0.599. The monoisotopic (exact) mass is 338 g/mol. The third-order valence-electron chi connectivity index (χ3n) is 3.39. The predicted octanol–water partition coefficient (Wildman–Crippen LogP) is 4.12. The summed E-state index contributed by atoms with van der Waals surface area (Å²) in [4.78, 5) is 8.59. The fraction of sp³-hybridized carbons (Fsp3) is 0.333. The number of aromatic nitrogens is 2. The van der Waals surface area contributed by atoms with E-state index in [1.54, 1.807) is 24.4 Å². The van der Waals surface area contributed by atoms with Gasteiger partial charge >= 0.3 is 0 Å². The minimum atomic E-state index is 0.254. The molecule has 1 atom stereocenters. The SMILES string of the molecule is Clc1cccc(Cl)c1Nc1nccc(NCC2CCCO2)n1. The molecular weight excluding hydrogens is 323 g/mol. The van der Waals surface area contributed by atoms with Gasteiger partial charge in [0.25, 0.3) is 0 Å². The van der Waals surface area contributed by atoms with Gasteiger partial charge in [0.1, 0.15) is 5.82 Å². The van der Waals surface area contributed by atoms with Crippen molar-refractivity contribution in [2.45, 2.75) is 18.9 Å². The lowest BCUT2D eigenvalue weighted by Crippen LogP contribution is -2.19. The van der Waals surface area contributed by atoms with E-state index >= 15 is 0 Å². The number of para-hydroxylation sites is 1. The highest BCUT2D eigenvalue weighted by Crippen LogP contribution is 2.31. The van der Waals surface area contributed by atoms with Crippen LogP contribution in [0, 0.1) is 0 Å². The Balaban J connectivity index is 1.68. The van der Waals surface area contributed by atoms with E-state index in [2.05, 4.69) is 20.6 Å². The summed E-state index contributed by atoms with van der Waals surface area (Å²) < 4.78 is 5.58. The van der Waals surface area contributed by atoms with Gasteiger partial charge in [-0.05, 0) is 31.0 Å². The molecule has 2 N–H and O–H groups in total. The Labute approximate surface area is 139 Å². The molecule has 1 aromatic heterocycles. The van der Waals surface area contributed by atoms with Crippen molar-refractivity contribution in [2.24, 2.45) is 0 Å². The summed E-state index contributed by atoms with van der Waals surface area (Å²) in [5.74, 6) is 1.17. The lowest BCUT2D eigenvalue weighted by molar-refractivity contribution is 0.120. The third-order valence-corrected chi connectivity index (χ3v) is 4.02. The molecule has 22 heavy (non-hydrogen) atoms. The molecular formula is C15H16Cl2N4O. The van der Waals surface area contributed by atoms with Crippen molar-refractivity contribution in [3.05, 3.63) is 40.5 Å². The molecule has 2 aromatic rings. The van der Waals surface area contributed by atoms with Gasteiger partial charge in [0.05, 0.1) is 21.8 Å². The summed E-state index contributed by atoms with van der Waals surface area (Å²) in [7, 11) is 0. The maximum atomic E-state index is 6.13. The smallest absolute Gasteiger partial charge is 0.229 e. The molecule has 0 amide bonds. The second-order valence-corrected chi connectivity index (χ2v) is 5.82. The lowest BCUT2D eigenvalue weighted by Gasteiger charge is -2.13. The first kappa shape index (κ1) is 15.3. The quantitative estimate of drug-likeness (QED) is 0.858. The number of rotatable bonds is 5. The Morgan fingerprint density at radius 3 is 2.77 bits per heavy atom. The Kier molecular flexibility index (Phi) is 4.97. The van der Waals surface area contributed by atoms with Crippen molar-refractivity contribution in [3.63, 3.8) is 0 Å². The summed E-state index contributed by atoms with van der Waals surface area (Å²) in [6.07, 6.45) is 4.13. The maximum Gasteiger partial charge on any atom is 0.229 e. The molecule has 1 unspecified atom stereocenters. The number of ether oxygens (including phenoxy) is 1. The first-order valence-electron chi connectivity index (χ1n) is 7.12. The Bertz CT molecular complexity index is 627. The van der Waals surface area contributed by atoms with E-state index in [4.69, 9.17) is 27.9 Å². The fourth-order valence-electron chi connectivity index (χ4n) is 2.27. The molecule has 3 rings (SSSR count). The second kappa shape index (κ2) is 7.13. The molecule has 1 aliphatic rings. The van der Waals surface area contributed by atoms with Crippen LogP contribution in [0.25, 0.3) is 0 Å². The Hall–Kier alpha value is -1.56. The first-order chi connectivity index (χ1) is 10.7. The van der Waals surface area contributed by atoms with Crippen LogP contribution in [-0.2, 0) is 4.74 Å². The van der Waals surface area contributed by atoms with Crippen molar-refractivity contribution in [3.8, 4) is 0 Å². The maximum absolute atomic E-state index is 6.13. The molecule has 116 valence electrons. The second-order valence-electron chi connectivity index (χ2n) is 5.00. The first-order valence-corrected chi connectivity index (χ1v) is 7.87. The van der Waals surface area contributed by atoms with Crippen molar-refractivity contribution >= 4 is 40.7 Å². The van der Waals surface area contributed by atoms with Crippen LogP contribution in [-0.4, -0.2) is 29.2 Å². The van der Waals surface area contributed by atoms with Crippen LogP contribution in [0.4, 0.5) is 17.5 Å². The number of hydrogen-bond donors (Lipinski definition) is 2. The molecule has 1 fully saturated rings. The molecule has 1 saturated heterocycles. The molecule has 1 aromatic carbocycles. The highest BCUT2D eigenvalue weighted by molar-refractivity contribution is 6.39. The molecule has 0 spiro atoms. The third kappa shape index (κ3) is 3.80. The molecule has 2 heterocycles. The summed E-state index contributed by atoms with van der Waals surface area (Å²) in [6, 6.07) is 7.12. The molecule has 0 saturated carbocycles. The van der Waals surface area contributed by atoms with Crippen LogP contribution in [0.5, 0.6) is 0 Å². The van der Waals surface area contributed by atoms with Gasteiger partial charge in [-0.15, -0.1) is 0 Å². The average molecular weight is 339 g/mol. The average Bonchev–Trinajstić information content (AvgIpc) is 3.03. The Morgan fingerprint density at radius 2 is 2.05 bits per heavy atom. The minimum absolute atomic E-state index is 0.254. The van der Waals surface area contributed by atoms with Crippen molar-refractivity contribution < 1.29 is 4.74 Å². The van der Waals surface area contributed by atoms with Gasteiger partial charge in [-0.25, -0.2) is 4.98 Å². The Morgan fingerprint density at radius 1 is 1.23 bits per heavy atom. The zero-order valence-corrected chi connectivity index (χ0v) is 13.4. The summed E-state index contributed by atoms with van der Waals surface area (Å²) >= 11 is 12.3. The molecule has 0 radical (unpaired) electrons. The fourth-order valence-corrected chi connectivity index (χ4v) is 2.76. The van der Waals surface area contributed by atoms with Crippen LogP contribution in [0.1, 0.15) is 12.8 Å². The van der Waals surface area contributed by atoms with Gasteiger partial charge in [0.15, 0.2) is 0 Å². The molecule has 7 heteroatoms. The van der Waals surface area contributed by atoms with Crippen LogP contribution >= 0.6 is 23.2 Å². The van der Waals surface area contributed by atoms with Crippen molar-refractivity contribution in [1.82, 2.24) is 9.97 Å². The lowest BCUT2D eigenvalue weighted by atomic mass is 10.2. The van der Waals surface area contributed by atoms with Gasteiger partial charge in [0.2, 0.25) is 5.95 Å². The predicted molar refractivity (Wildman–Crippen MR) is 89.2 cm³/mol. The van der Waals surface area contributed by atoms with Gasteiger partial charge in [-0.2, -0.15) is 4.98 Å². The van der Waals surface area contributed by atoms with Crippen molar-refractivity contribution in [1.29, 1.82) is 0 Å². The van der Waals surface area contributed by atoms with Crippen LogP contribution in [0.3, 0.4) is 0 Å². The van der Waals surface area contributed by atoms with Gasteiger partial charge in [0, 0.05) is 19.3 Å². The molecule has 0 aliphatic carbocycles. The zero-order chi connectivity index (χ0) is 15.4. The number of halogens is 2. The van der Waals surface area contributed by atoms with E-state index < -0.39 is 0 Å². The number of benzene rings is 1. The summed E-state index contributed by atoms with van der Waals surface area (Å²) in [6.45, 7) is 1.58. The minimum Gasteiger partial charge on any atom is -0.376 e. The normalized spacial score (nSPS) is 17.5. The molecule has 5 nitrogen and oxygen atoms in total. The largest absolute Gasteiger partial charge is 0.376 e. The number of hydrogen-bond acceptors (Lipinski definition) is 5. The van der Waals surface area contributed by atoms with Gasteiger partial charge in [-0.1, -0.05) is 29.3 Å². The number of anilines is 3. The highest BCUT2D eigenvalue weighted by atomic mass is 35.5. The number of nitrogens with one attached hydrogen (secondary N) is 2. The van der Waals surface area contributed by atoms with E-state index in [1.165, 1.54) is 0 Å². The van der Waals surface area contributed by atoms with Crippen LogP contribution < -0.4 is 10.6 Å². The topological polar surface area (TPSA) is 59.1 Å². The van der Waals surface area contributed by atoms with E-state index in [9.17, 15) is 0 Å². The van der Waals surface area contributed by atoms with E-state index in [1.807, 2.05) is 6.07 Å². The zero-order valence-electron chi connectivity index (χ0n) is 11.9. The van der Waals surface area contributed by atoms with E-state index in [0.29, 0.717) is 21.7 Å². The van der Waals surface area contributed by atoms with E-state index in [0.717, 1.165) is 31.8 Å². The van der Waals surface area contributed by atoms with E-state index in [-0.39, 0.29) is 6.10 Å². The number of nitrogens with zero attached hydrogens (tertiary/aromatic N) is 2. The molecule has 0 bridgehead atoms. The molecule has 1 aliphatic heterocycles. The van der Waals surface area contributed by atoms with Gasteiger partial charge in [-0.3, -0.25) is 0 Å². The van der Waals surface area contributed by atoms with Crippen molar-refractivity contribution in [2.75, 3.05) is 23.8 Å². The highest BCUT2D eigenvalue weighted by Gasteiger charge is 2.15. The standard InChI is InChI=1S/C15H16Cl2N4O/c16-11-4-1-5-12(17)14(11)21-15-18-7-6-13(20-15)19-9-10-3-2-8-22-10/h1,4-7,10H,2-3,8-9H2,(H2,18,19,20,21). The van der Waals surface area contributed by atoms with Gasteiger partial charge < -0.3 is 15.4 Å². The van der Waals surface area contributed by atoms with Crippen LogP contribution in [0.15, 0.2) is 30.5 Å². The van der Waals surface area contributed by atoms with Crippen LogP contribution in [0.2, 0.25) is 10.0 Å².